The van der Waals surface area contributed by atoms with E-state index in [2.05, 4.69) is 5.32 Å². The van der Waals surface area contributed by atoms with Crippen LogP contribution in [0.2, 0.25) is 0 Å². The fourth-order valence-electron chi connectivity index (χ4n) is 3.54. The number of nitrogens with two attached hydrogens (primary N) is 1. The van der Waals surface area contributed by atoms with Crippen molar-refractivity contribution in [2.75, 3.05) is 12.1 Å². The third-order valence-corrected chi connectivity index (χ3v) is 5.13. The van der Waals surface area contributed by atoms with Gasteiger partial charge in [0.2, 0.25) is 12.7 Å². The molecule has 0 radical (unpaired) electrons. The summed E-state index contributed by atoms with van der Waals surface area (Å²) in [5, 5.41) is 2.97. The first-order valence-corrected chi connectivity index (χ1v) is 9.34. The maximum atomic E-state index is 12.6. The molecule has 6 heteroatoms. The highest BCUT2D eigenvalue weighted by atomic mass is 16.7. The lowest BCUT2D eigenvalue weighted by Crippen LogP contribution is -2.52. The van der Waals surface area contributed by atoms with Gasteiger partial charge in [0.15, 0.2) is 11.5 Å². The van der Waals surface area contributed by atoms with Crippen molar-refractivity contribution in [2.45, 2.75) is 44.2 Å². The summed E-state index contributed by atoms with van der Waals surface area (Å²) >= 11 is 0. The molecule has 142 valence electrons. The number of carbonyl (C=O) groups is 1. The van der Waals surface area contributed by atoms with Gasteiger partial charge in [-0.05, 0) is 42.7 Å². The smallest absolute Gasteiger partial charge is 0.244 e. The van der Waals surface area contributed by atoms with Crippen molar-refractivity contribution in [3.05, 3.63) is 48.0 Å². The predicted octanol–water partition coefficient (Wildman–Crippen LogP) is 3.59. The summed E-state index contributed by atoms with van der Waals surface area (Å²) in [6, 6.07) is 13.1. The van der Waals surface area contributed by atoms with Gasteiger partial charge in [0.25, 0.3) is 0 Å². The molecule has 1 fully saturated rings. The number of fused-ring (bicyclic) bond motifs is 1. The van der Waals surface area contributed by atoms with Crippen LogP contribution in [0.4, 0.5) is 5.69 Å². The van der Waals surface area contributed by atoms with Gasteiger partial charge in [-0.1, -0.05) is 31.4 Å². The van der Waals surface area contributed by atoms with Crippen LogP contribution in [0.15, 0.2) is 42.5 Å². The molecule has 2 aromatic carbocycles. The van der Waals surface area contributed by atoms with Crippen LogP contribution in [0, 0.1) is 0 Å². The van der Waals surface area contributed by atoms with Gasteiger partial charge in [-0.15, -0.1) is 0 Å². The maximum Gasteiger partial charge on any atom is 0.244 e. The Morgan fingerprint density at radius 1 is 1.07 bits per heavy atom. The van der Waals surface area contributed by atoms with E-state index in [0.29, 0.717) is 18.1 Å². The van der Waals surface area contributed by atoms with Crippen molar-refractivity contribution in [2.24, 2.45) is 5.73 Å². The minimum absolute atomic E-state index is 0.101. The number of benzene rings is 2. The first kappa shape index (κ1) is 17.7. The van der Waals surface area contributed by atoms with Crippen LogP contribution in [0.5, 0.6) is 17.2 Å². The molecule has 27 heavy (non-hydrogen) atoms. The van der Waals surface area contributed by atoms with Crippen LogP contribution >= 0.6 is 0 Å². The van der Waals surface area contributed by atoms with Crippen LogP contribution in [-0.4, -0.2) is 18.2 Å². The third-order valence-electron chi connectivity index (χ3n) is 5.13. The summed E-state index contributed by atoms with van der Waals surface area (Å²) in [5.74, 6) is 2.02. The zero-order valence-corrected chi connectivity index (χ0v) is 15.2. The fraction of sp³-hybridized carbons (Fsp3) is 0.381. The first-order valence-electron chi connectivity index (χ1n) is 9.34. The summed E-state index contributed by atoms with van der Waals surface area (Å²) in [5.41, 5.74) is 7.25. The number of hydrogen-bond acceptors (Lipinski definition) is 5. The van der Waals surface area contributed by atoms with E-state index in [0.717, 1.165) is 49.1 Å². The average Bonchev–Trinajstić information content (AvgIpc) is 3.15. The molecular formula is C21H24N2O4. The molecule has 1 aliphatic carbocycles. The normalized spacial score (nSPS) is 17.4. The van der Waals surface area contributed by atoms with Crippen molar-refractivity contribution in [1.82, 2.24) is 0 Å². The van der Waals surface area contributed by atoms with Crippen LogP contribution < -0.4 is 25.3 Å². The number of ether oxygens (including phenoxy) is 3. The Hall–Kier alpha value is -2.73. The Morgan fingerprint density at radius 2 is 1.89 bits per heavy atom. The standard InChI is InChI=1S/C21H24N2O4/c22-21(9-2-1-3-10-21)20(24)23-16-6-4-5-15(11-16)13-25-17-7-8-18-19(12-17)27-14-26-18/h4-8,11-12H,1-3,9-10,13-14,22H2,(H,23,24). The van der Waals surface area contributed by atoms with E-state index < -0.39 is 5.54 Å². The second kappa shape index (κ2) is 7.48. The number of anilines is 1. The van der Waals surface area contributed by atoms with Crippen LogP contribution in [0.3, 0.4) is 0 Å². The lowest BCUT2D eigenvalue weighted by atomic mass is 9.82. The molecule has 1 amide bonds. The first-order chi connectivity index (χ1) is 13.1. The molecule has 2 aromatic rings. The number of amides is 1. The van der Waals surface area contributed by atoms with E-state index in [1.165, 1.54) is 0 Å². The van der Waals surface area contributed by atoms with Gasteiger partial charge in [0, 0.05) is 11.8 Å². The third kappa shape index (κ3) is 4.01. The van der Waals surface area contributed by atoms with Gasteiger partial charge >= 0.3 is 0 Å². The molecule has 0 saturated heterocycles. The topological polar surface area (TPSA) is 82.8 Å². The summed E-state index contributed by atoms with van der Waals surface area (Å²) < 4.78 is 16.5. The predicted molar refractivity (Wildman–Crippen MR) is 102 cm³/mol. The second-order valence-corrected chi connectivity index (χ2v) is 7.18. The van der Waals surface area contributed by atoms with Crippen molar-refractivity contribution >= 4 is 11.6 Å². The fourth-order valence-corrected chi connectivity index (χ4v) is 3.54. The maximum absolute atomic E-state index is 12.6. The molecule has 1 aliphatic heterocycles. The summed E-state index contributed by atoms with van der Waals surface area (Å²) in [4.78, 5) is 12.6. The Labute approximate surface area is 158 Å². The van der Waals surface area contributed by atoms with E-state index in [4.69, 9.17) is 19.9 Å². The SMILES string of the molecule is NC1(C(=O)Nc2cccc(COc3ccc4c(c3)OCO4)c2)CCCCC1. The molecule has 3 N–H and O–H groups in total. The van der Waals surface area contributed by atoms with Gasteiger partial charge in [0.05, 0.1) is 5.54 Å². The largest absolute Gasteiger partial charge is 0.489 e. The van der Waals surface area contributed by atoms with Crippen LogP contribution in [0.1, 0.15) is 37.7 Å². The Morgan fingerprint density at radius 3 is 2.74 bits per heavy atom. The Balaban J connectivity index is 1.38. The highest BCUT2D eigenvalue weighted by molar-refractivity contribution is 5.98. The Bertz CT molecular complexity index is 831. The highest BCUT2D eigenvalue weighted by Gasteiger charge is 2.35. The van der Waals surface area contributed by atoms with Crippen molar-refractivity contribution in [3.63, 3.8) is 0 Å². The van der Waals surface area contributed by atoms with E-state index in [9.17, 15) is 4.79 Å². The molecule has 0 bridgehead atoms. The molecule has 1 saturated carbocycles. The summed E-state index contributed by atoms with van der Waals surface area (Å²) in [7, 11) is 0. The number of nitrogens with one attached hydrogen (secondary N) is 1. The monoisotopic (exact) mass is 368 g/mol. The van der Waals surface area contributed by atoms with Gasteiger partial charge in [-0.3, -0.25) is 4.79 Å². The molecule has 0 unspecified atom stereocenters. The minimum atomic E-state index is -0.753. The minimum Gasteiger partial charge on any atom is -0.489 e. The zero-order valence-electron chi connectivity index (χ0n) is 15.2. The van der Waals surface area contributed by atoms with Crippen LogP contribution in [-0.2, 0) is 11.4 Å². The molecular weight excluding hydrogens is 344 g/mol. The average molecular weight is 368 g/mol. The van der Waals surface area contributed by atoms with E-state index >= 15 is 0 Å². The summed E-state index contributed by atoms with van der Waals surface area (Å²) in [6.45, 7) is 0.625. The number of hydrogen-bond donors (Lipinski definition) is 2. The lowest BCUT2D eigenvalue weighted by Gasteiger charge is -2.31. The molecule has 0 atom stereocenters. The zero-order chi connectivity index (χ0) is 18.7. The van der Waals surface area contributed by atoms with Gasteiger partial charge in [-0.25, -0.2) is 0 Å². The molecule has 2 aliphatic rings. The van der Waals surface area contributed by atoms with Crippen LogP contribution in [0.25, 0.3) is 0 Å². The van der Waals surface area contributed by atoms with Crippen molar-refractivity contribution in [1.29, 1.82) is 0 Å². The quantitative estimate of drug-likeness (QED) is 0.843. The van der Waals surface area contributed by atoms with Crippen molar-refractivity contribution < 1.29 is 19.0 Å². The molecule has 0 spiro atoms. The van der Waals surface area contributed by atoms with E-state index in [-0.39, 0.29) is 12.7 Å². The number of rotatable bonds is 5. The number of carbonyl (C=O) groups excluding carboxylic acids is 1. The lowest BCUT2D eigenvalue weighted by molar-refractivity contribution is -0.122. The van der Waals surface area contributed by atoms with E-state index in [1.807, 2.05) is 42.5 Å². The molecule has 6 nitrogen and oxygen atoms in total. The van der Waals surface area contributed by atoms with Gasteiger partial charge in [-0.2, -0.15) is 0 Å². The summed E-state index contributed by atoms with van der Waals surface area (Å²) in [6.07, 6.45) is 4.65. The van der Waals surface area contributed by atoms with E-state index in [1.54, 1.807) is 0 Å². The molecule has 4 rings (SSSR count). The van der Waals surface area contributed by atoms with Crippen molar-refractivity contribution in [3.8, 4) is 17.2 Å². The second-order valence-electron chi connectivity index (χ2n) is 7.18. The van der Waals surface area contributed by atoms with Gasteiger partial charge in [0.1, 0.15) is 12.4 Å². The molecule has 1 heterocycles. The molecule has 0 aromatic heterocycles. The van der Waals surface area contributed by atoms with Gasteiger partial charge < -0.3 is 25.3 Å². The Kier molecular flexibility index (Phi) is 4.90. The highest BCUT2D eigenvalue weighted by Crippen LogP contribution is 2.35.